The minimum Gasteiger partial charge on any atom is -0.469 e. The largest absolute Gasteiger partial charge is 0.469 e. The molecule has 0 fully saturated rings. The maximum absolute atomic E-state index is 11.9. The molecule has 0 saturated carbocycles. The number of para-hydroxylation sites is 1. The first kappa shape index (κ1) is 14.1. The van der Waals surface area contributed by atoms with Crippen LogP contribution in [0.5, 0.6) is 0 Å². The number of benzene rings is 1. The fraction of sp³-hybridized carbons (Fsp3) is 0.176. The molecule has 0 radical (unpaired) electrons. The van der Waals surface area contributed by atoms with Crippen LogP contribution in [0.15, 0.2) is 51.5 Å². The molecular weight excluding hydrogens is 284 g/mol. The second kappa shape index (κ2) is 5.89. The van der Waals surface area contributed by atoms with E-state index in [4.69, 9.17) is 8.83 Å². The number of esters is 1. The normalized spacial score (nSPS) is 10.8. The zero-order chi connectivity index (χ0) is 15.5. The monoisotopic (exact) mass is 298 g/mol. The molecule has 2 aromatic heterocycles. The van der Waals surface area contributed by atoms with Gasteiger partial charge in [-0.25, -0.2) is 0 Å². The average Bonchev–Trinajstić information content (AvgIpc) is 3.18. The Balaban J connectivity index is 1.78. The molecule has 1 aromatic carbocycles. The van der Waals surface area contributed by atoms with Gasteiger partial charge >= 0.3 is 5.97 Å². The summed E-state index contributed by atoms with van der Waals surface area (Å²) in [7, 11) is 1.29. The molecule has 0 aliphatic carbocycles. The van der Waals surface area contributed by atoms with E-state index in [1.54, 1.807) is 6.07 Å². The standard InChI is InChI=1S/C17H14O5/c1-20-17(19)7-6-13(18)16-9-12(10-21-16)15-8-11-4-2-3-5-14(11)22-15/h2-5,8-10H,6-7H2,1H3. The third kappa shape index (κ3) is 2.79. The molecule has 3 aromatic rings. The first-order valence-electron chi connectivity index (χ1n) is 6.85. The summed E-state index contributed by atoms with van der Waals surface area (Å²) >= 11 is 0. The van der Waals surface area contributed by atoms with E-state index in [2.05, 4.69) is 4.74 Å². The van der Waals surface area contributed by atoms with Crippen LogP contribution >= 0.6 is 0 Å². The Kier molecular flexibility index (Phi) is 3.78. The average molecular weight is 298 g/mol. The van der Waals surface area contributed by atoms with Gasteiger partial charge in [-0.15, -0.1) is 0 Å². The lowest BCUT2D eigenvalue weighted by Crippen LogP contribution is -2.05. The molecule has 22 heavy (non-hydrogen) atoms. The van der Waals surface area contributed by atoms with Crippen molar-refractivity contribution in [3.63, 3.8) is 0 Å². The van der Waals surface area contributed by atoms with Gasteiger partial charge in [0, 0.05) is 11.8 Å². The van der Waals surface area contributed by atoms with E-state index in [9.17, 15) is 9.59 Å². The van der Waals surface area contributed by atoms with Crippen LogP contribution in [0.3, 0.4) is 0 Å². The SMILES string of the molecule is COC(=O)CCC(=O)c1cc(-c2cc3ccccc3o2)co1. The lowest BCUT2D eigenvalue weighted by molar-refractivity contribution is -0.140. The van der Waals surface area contributed by atoms with Crippen molar-refractivity contribution >= 4 is 22.7 Å². The summed E-state index contributed by atoms with van der Waals surface area (Å²) in [5, 5.41) is 0.984. The molecule has 112 valence electrons. The smallest absolute Gasteiger partial charge is 0.305 e. The summed E-state index contributed by atoms with van der Waals surface area (Å²) in [6.45, 7) is 0. The van der Waals surface area contributed by atoms with Crippen molar-refractivity contribution in [1.29, 1.82) is 0 Å². The molecule has 0 unspecified atom stereocenters. The Morgan fingerprint density at radius 3 is 2.73 bits per heavy atom. The van der Waals surface area contributed by atoms with Gasteiger partial charge in [0.05, 0.1) is 19.1 Å². The molecule has 2 heterocycles. The van der Waals surface area contributed by atoms with E-state index < -0.39 is 5.97 Å². The van der Waals surface area contributed by atoms with Gasteiger partial charge in [-0.1, -0.05) is 18.2 Å². The van der Waals surface area contributed by atoms with E-state index in [-0.39, 0.29) is 24.4 Å². The summed E-state index contributed by atoms with van der Waals surface area (Å²) in [6, 6.07) is 11.2. The third-order valence-electron chi connectivity index (χ3n) is 3.37. The first-order valence-corrected chi connectivity index (χ1v) is 6.85. The number of Topliss-reactive ketones (excluding diaryl/α,β-unsaturated/α-hetero) is 1. The van der Waals surface area contributed by atoms with Crippen molar-refractivity contribution in [2.75, 3.05) is 7.11 Å². The van der Waals surface area contributed by atoms with Crippen LogP contribution in [-0.4, -0.2) is 18.9 Å². The van der Waals surface area contributed by atoms with Crippen molar-refractivity contribution < 1.29 is 23.2 Å². The lowest BCUT2D eigenvalue weighted by Gasteiger charge is -1.96. The predicted molar refractivity (Wildman–Crippen MR) is 79.5 cm³/mol. The van der Waals surface area contributed by atoms with E-state index >= 15 is 0 Å². The van der Waals surface area contributed by atoms with E-state index in [1.807, 2.05) is 30.3 Å². The molecule has 3 rings (SSSR count). The number of hydrogen-bond donors (Lipinski definition) is 0. The Hall–Kier alpha value is -2.82. The minimum absolute atomic E-state index is 0.0377. The fourth-order valence-corrected chi connectivity index (χ4v) is 2.18. The number of ketones is 1. The van der Waals surface area contributed by atoms with Gasteiger partial charge in [-0.3, -0.25) is 9.59 Å². The van der Waals surface area contributed by atoms with Crippen molar-refractivity contribution in [2.45, 2.75) is 12.8 Å². The summed E-state index contributed by atoms with van der Waals surface area (Å²) in [6.07, 6.45) is 1.57. The Labute approximate surface area is 126 Å². The summed E-state index contributed by atoms with van der Waals surface area (Å²) < 4.78 is 15.5. The van der Waals surface area contributed by atoms with Crippen LogP contribution in [0.25, 0.3) is 22.3 Å². The molecule has 5 nitrogen and oxygen atoms in total. The first-order chi connectivity index (χ1) is 10.7. The number of rotatable bonds is 5. The highest BCUT2D eigenvalue weighted by molar-refractivity contribution is 5.96. The van der Waals surface area contributed by atoms with Gasteiger partial charge in [0.1, 0.15) is 17.6 Å². The third-order valence-corrected chi connectivity index (χ3v) is 3.37. The number of ether oxygens (including phenoxy) is 1. The van der Waals surface area contributed by atoms with Gasteiger partial charge in [0.25, 0.3) is 0 Å². The van der Waals surface area contributed by atoms with Crippen LogP contribution in [0.4, 0.5) is 0 Å². The molecule has 5 heteroatoms. The molecule has 0 bridgehead atoms. The van der Waals surface area contributed by atoms with E-state index in [0.29, 0.717) is 11.3 Å². The Morgan fingerprint density at radius 2 is 1.95 bits per heavy atom. The molecule has 0 spiro atoms. The number of furan rings is 2. The summed E-state index contributed by atoms with van der Waals surface area (Å²) in [5.41, 5.74) is 1.47. The molecule has 0 N–H and O–H groups in total. The van der Waals surface area contributed by atoms with E-state index in [0.717, 1.165) is 11.0 Å². The summed E-state index contributed by atoms with van der Waals surface area (Å²) in [5.74, 6) is 0.182. The second-order valence-corrected chi connectivity index (χ2v) is 4.85. The highest BCUT2D eigenvalue weighted by Gasteiger charge is 2.16. The van der Waals surface area contributed by atoms with Crippen LogP contribution in [0, 0.1) is 0 Å². The van der Waals surface area contributed by atoms with Crippen LogP contribution in [-0.2, 0) is 9.53 Å². The lowest BCUT2D eigenvalue weighted by atomic mass is 10.1. The van der Waals surface area contributed by atoms with Gasteiger partial charge in [-0.05, 0) is 18.2 Å². The van der Waals surface area contributed by atoms with Crippen LogP contribution in [0.2, 0.25) is 0 Å². The summed E-state index contributed by atoms with van der Waals surface area (Å²) in [4.78, 5) is 23.0. The molecule has 0 saturated heterocycles. The number of fused-ring (bicyclic) bond motifs is 1. The van der Waals surface area contributed by atoms with Gasteiger partial charge in [-0.2, -0.15) is 0 Å². The number of methoxy groups -OCH3 is 1. The van der Waals surface area contributed by atoms with Crippen molar-refractivity contribution in [3.05, 3.63) is 48.4 Å². The predicted octanol–water partition coefficient (Wildman–Crippen LogP) is 3.83. The van der Waals surface area contributed by atoms with E-state index in [1.165, 1.54) is 13.4 Å². The zero-order valence-corrected chi connectivity index (χ0v) is 12.0. The van der Waals surface area contributed by atoms with Gasteiger partial charge < -0.3 is 13.6 Å². The topological polar surface area (TPSA) is 69.7 Å². The molecular formula is C17H14O5. The Morgan fingerprint density at radius 1 is 1.14 bits per heavy atom. The minimum atomic E-state index is -0.419. The van der Waals surface area contributed by atoms with Crippen molar-refractivity contribution in [2.24, 2.45) is 0 Å². The second-order valence-electron chi connectivity index (χ2n) is 4.85. The number of hydrogen-bond acceptors (Lipinski definition) is 5. The highest BCUT2D eigenvalue weighted by Crippen LogP contribution is 2.29. The molecule has 0 amide bonds. The maximum Gasteiger partial charge on any atom is 0.305 e. The van der Waals surface area contributed by atoms with Crippen molar-refractivity contribution in [3.8, 4) is 11.3 Å². The highest BCUT2D eigenvalue weighted by atomic mass is 16.5. The van der Waals surface area contributed by atoms with Crippen molar-refractivity contribution in [1.82, 2.24) is 0 Å². The van der Waals surface area contributed by atoms with Crippen LogP contribution < -0.4 is 0 Å². The molecule has 0 atom stereocenters. The molecule has 0 aliphatic heterocycles. The Bertz CT molecular complexity index is 791. The number of carbonyl (C=O) groups is 2. The van der Waals surface area contributed by atoms with Crippen LogP contribution in [0.1, 0.15) is 23.4 Å². The van der Waals surface area contributed by atoms with Gasteiger partial charge in [0.2, 0.25) is 0 Å². The van der Waals surface area contributed by atoms with Gasteiger partial charge in [0.15, 0.2) is 11.5 Å². The molecule has 0 aliphatic rings. The fourth-order valence-electron chi connectivity index (χ4n) is 2.18. The number of carbonyl (C=O) groups excluding carboxylic acids is 2. The zero-order valence-electron chi connectivity index (χ0n) is 12.0. The quantitative estimate of drug-likeness (QED) is 0.529. The maximum atomic E-state index is 11.9.